The Morgan fingerprint density at radius 3 is 2.88 bits per heavy atom. The molecule has 134 valence electrons. The summed E-state index contributed by atoms with van der Waals surface area (Å²) in [5.74, 6) is 0.847. The van der Waals surface area contributed by atoms with E-state index in [4.69, 9.17) is 4.42 Å². The van der Waals surface area contributed by atoms with Crippen LogP contribution in [0.3, 0.4) is 0 Å². The van der Waals surface area contributed by atoms with E-state index >= 15 is 0 Å². The number of carbonyl (C=O) groups is 1. The van der Waals surface area contributed by atoms with Gasteiger partial charge in [-0.05, 0) is 19.1 Å². The molecule has 0 bridgehead atoms. The van der Waals surface area contributed by atoms with Gasteiger partial charge in [0.2, 0.25) is 11.7 Å². The molecule has 0 fully saturated rings. The SMILES string of the molecule is Cc1ncoc1C(=O)N1Cc2ccnn2C[C@@H](CNc2ncccn2)C1. The summed E-state index contributed by atoms with van der Waals surface area (Å²) in [7, 11) is 0. The second-order valence-corrected chi connectivity index (χ2v) is 6.28. The standard InChI is InChI=1S/C17H19N7O2/c1-12-15(26-11-21-12)16(25)23-8-13(7-20-17-18-4-2-5-19-17)9-24-14(10-23)3-6-22-24/h2-6,11,13H,7-10H2,1H3,(H,18,19,20)/t13-/m0/s1. The smallest absolute Gasteiger partial charge is 0.291 e. The lowest BCUT2D eigenvalue weighted by atomic mass is 10.1. The number of hydrogen-bond acceptors (Lipinski definition) is 7. The molecule has 9 heteroatoms. The number of fused-ring (bicyclic) bond motifs is 1. The molecule has 0 unspecified atom stereocenters. The zero-order valence-electron chi connectivity index (χ0n) is 14.4. The first-order valence-electron chi connectivity index (χ1n) is 8.41. The first-order valence-corrected chi connectivity index (χ1v) is 8.41. The maximum atomic E-state index is 12.9. The van der Waals surface area contributed by atoms with E-state index in [1.54, 1.807) is 36.5 Å². The van der Waals surface area contributed by atoms with Crippen molar-refractivity contribution in [1.29, 1.82) is 0 Å². The second kappa shape index (κ2) is 6.95. The number of nitrogens with zero attached hydrogens (tertiary/aromatic N) is 6. The Labute approximate surface area is 150 Å². The van der Waals surface area contributed by atoms with Crippen LogP contribution in [0.15, 0.2) is 41.5 Å². The number of oxazole rings is 1. The Bertz CT molecular complexity index is 889. The van der Waals surface area contributed by atoms with Crippen LogP contribution >= 0.6 is 0 Å². The fourth-order valence-corrected chi connectivity index (χ4v) is 3.09. The van der Waals surface area contributed by atoms with Gasteiger partial charge >= 0.3 is 0 Å². The highest BCUT2D eigenvalue weighted by molar-refractivity contribution is 5.92. The van der Waals surface area contributed by atoms with Crippen molar-refractivity contribution >= 4 is 11.9 Å². The van der Waals surface area contributed by atoms with Gasteiger partial charge in [-0.3, -0.25) is 9.48 Å². The third kappa shape index (κ3) is 3.28. The predicted molar refractivity (Wildman–Crippen MR) is 92.2 cm³/mol. The van der Waals surface area contributed by atoms with E-state index in [1.807, 2.05) is 10.7 Å². The number of hydrogen-bond donors (Lipinski definition) is 1. The van der Waals surface area contributed by atoms with Crippen LogP contribution in [0.25, 0.3) is 0 Å². The fraction of sp³-hybridized carbons (Fsp3) is 0.353. The molecular formula is C17H19N7O2. The van der Waals surface area contributed by atoms with Crippen LogP contribution in [0.5, 0.6) is 0 Å². The van der Waals surface area contributed by atoms with E-state index in [2.05, 4.69) is 25.4 Å². The van der Waals surface area contributed by atoms with Gasteiger partial charge < -0.3 is 14.6 Å². The van der Waals surface area contributed by atoms with Gasteiger partial charge in [0.15, 0.2) is 6.39 Å². The Hall–Kier alpha value is -3.23. The fourth-order valence-electron chi connectivity index (χ4n) is 3.09. The van der Waals surface area contributed by atoms with Gasteiger partial charge in [-0.2, -0.15) is 5.10 Å². The van der Waals surface area contributed by atoms with Crippen LogP contribution in [0.1, 0.15) is 21.9 Å². The molecule has 0 aliphatic carbocycles. The molecule has 0 aromatic carbocycles. The van der Waals surface area contributed by atoms with Crippen LogP contribution in [0, 0.1) is 12.8 Å². The molecule has 1 aliphatic heterocycles. The molecule has 4 rings (SSSR count). The Morgan fingerprint density at radius 1 is 1.27 bits per heavy atom. The molecule has 4 heterocycles. The third-order valence-corrected chi connectivity index (χ3v) is 4.41. The molecule has 3 aromatic heterocycles. The molecule has 0 radical (unpaired) electrons. The lowest BCUT2D eigenvalue weighted by Crippen LogP contribution is -2.36. The summed E-state index contributed by atoms with van der Waals surface area (Å²) in [5.41, 5.74) is 1.59. The van der Waals surface area contributed by atoms with Crippen molar-refractivity contribution in [2.45, 2.75) is 20.0 Å². The summed E-state index contributed by atoms with van der Waals surface area (Å²) in [6, 6.07) is 3.70. The number of amides is 1. The minimum Gasteiger partial charge on any atom is -0.438 e. The van der Waals surface area contributed by atoms with Crippen molar-refractivity contribution in [2.75, 3.05) is 18.4 Å². The topological polar surface area (TPSA) is 102 Å². The maximum absolute atomic E-state index is 12.9. The van der Waals surface area contributed by atoms with Crippen molar-refractivity contribution in [3.8, 4) is 0 Å². The van der Waals surface area contributed by atoms with E-state index in [1.165, 1.54) is 6.39 Å². The van der Waals surface area contributed by atoms with Crippen molar-refractivity contribution < 1.29 is 9.21 Å². The number of aromatic nitrogens is 5. The highest BCUT2D eigenvalue weighted by Gasteiger charge is 2.28. The quantitative estimate of drug-likeness (QED) is 0.755. The minimum absolute atomic E-state index is 0.145. The summed E-state index contributed by atoms with van der Waals surface area (Å²) in [6.45, 7) is 4.16. The molecule has 0 saturated carbocycles. The van der Waals surface area contributed by atoms with E-state index in [0.717, 1.165) is 5.69 Å². The number of anilines is 1. The first-order chi connectivity index (χ1) is 12.7. The zero-order valence-corrected chi connectivity index (χ0v) is 14.4. The van der Waals surface area contributed by atoms with Crippen LogP contribution in [0.2, 0.25) is 0 Å². The van der Waals surface area contributed by atoms with Crippen LogP contribution in [-0.2, 0) is 13.1 Å². The lowest BCUT2D eigenvalue weighted by molar-refractivity contribution is 0.0691. The summed E-state index contributed by atoms with van der Waals surface area (Å²) >= 11 is 0. The van der Waals surface area contributed by atoms with E-state index in [-0.39, 0.29) is 17.6 Å². The minimum atomic E-state index is -0.157. The van der Waals surface area contributed by atoms with E-state index in [0.29, 0.717) is 37.8 Å². The van der Waals surface area contributed by atoms with Gasteiger partial charge in [0.1, 0.15) is 0 Å². The van der Waals surface area contributed by atoms with E-state index < -0.39 is 0 Å². The maximum Gasteiger partial charge on any atom is 0.291 e. The van der Waals surface area contributed by atoms with Gasteiger partial charge in [-0.1, -0.05) is 0 Å². The molecule has 3 aromatic rings. The summed E-state index contributed by atoms with van der Waals surface area (Å²) < 4.78 is 7.24. The van der Waals surface area contributed by atoms with Crippen LogP contribution in [0.4, 0.5) is 5.95 Å². The summed E-state index contributed by atoms with van der Waals surface area (Å²) in [4.78, 5) is 27.1. The highest BCUT2D eigenvalue weighted by Crippen LogP contribution is 2.19. The van der Waals surface area contributed by atoms with Crippen LogP contribution in [-0.4, -0.2) is 48.6 Å². The predicted octanol–water partition coefficient (Wildman–Crippen LogP) is 1.35. The van der Waals surface area contributed by atoms with Crippen molar-refractivity contribution in [3.05, 3.63) is 54.3 Å². The summed E-state index contributed by atoms with van der Waals surface area (Å²) in [6.07, 6.45) is 6.44. The van der Waals surface area contributed by atoms with E-state index in [9.17, 15) is 4.79 Å². The summed E-state index contributed by atoms with van der Waals surface area (Å²) in [5, 5.41) is 7.61. The van der Waals surface area contributed by atoms with Gasteiger partial charge in [-0.25, -0.2) is 15.0 Å². The lowest BCUT2D eigenvalue weighted by Gasteiger charge is -2.23. The number of nitrogens with one attached hydrogen (secondary N) is 1. The highest BCUT2D eigenvalue weighted by atomic mass is 16.3. The molecule has 1 aliphatic rings. The Balaban J connectivity index is 1.53. The number of carbonyl (C=O) groups excluding carboxylic acids is 1. The average molecular weight is 353 g/mol. The van der Waals surface area contributed by atoms with Gasteiger partial charge in [0.05, 0.1) is 17.9 Å². The van der Waals surface area contributed by atoms with Gasteiger partial charge in [0, 0.05) is 44.1 Å². The van der Waals surface area contributed by atoms with Crippen LogP contribution < -0.4 is 5.32 Å². The average Bonchev–Trinajstić information content (AvgIpc) is 3.24. The Kier molecular flexibility index (Phi) is 4.34. The molecule has 1 atom stereocenters. The van der Waals surface area contributed by atoms with Crippen molar-refractivity contribution in [1.82, 2.24) is 29.6 Å². The molecule has 26 heavy (non-hydrogen) atoms. The normalized spacial score (nSPS) is 16.8. The monoisotopic (exact) mass is 353 g/mol. The molecule has 1 N–H and O–H groups in total. The second-order valence-electron chi connectivity index (χ2n) is 6.28. The van der Waals surface area contributed by atoms with Gasteiger partial charge in [0.25, 0.3) is 5.91 Å². The first kappa shape index (κ1) is 16.2. The molecule has 1 amide bonds. The molecular weight excluding hydrogens is 334 g/mol. The number of aryl methyl sites for hydroxylation is 1. The van der Waals surface area contributed by atoms with Crippen molar-refractivity contribution in [3.63, 3.8) is 0 Å². The Morgan fingerprint density at radius 2 is 2.12 bits per heavy atom. The number of rotatable bonds is 4. The third-order valence-electron chi connectivity index (χ3n) is 4.41. The molecule has 0 spiro atoms. The zero-order chi connectivity index (χ0) is 17.9. The largest absolute Gasteiger partial charge is 0.438 e. The molecule has 0 saturated heterocycles. The van der Waals surface area contributed by atoms with Gasteiger partial charge in [-0.15, -0.1) is 0 Å². The van der Waals surface area contributed by atoms with Crippen molar-refractivity contribution in [2.24, 2.45) is 5.92 Å². The molecule has 9 nitrogen and oxygen atoms in total.